The molecular formula is C26H50O3Si. The molecule has 0 saturated heterocycles. The van der Waals surface area contributed by atoms with Crippen molar-refractivity contribution in [1.82, 2.24) is 0 Å². The lowest BCUT2D eigenvalue weighted by Crippen LogP contribution is -2.40. The number of hydrogen-bond donors (Lipinski definition) is 1. The fourth-order valence-corrected chi connectivity index (χ4v) is 5.67. The average molecular weight is 439 g/mol. The molecule has 0 aliphatic heterocycles. The van der Waals surface area contributed by atoms with Gasteiger partial charge in [-0.3, -0.25) is 4.79 Å². The molecule has 1 aliphatic carbocycles. The summed E-state index contributed by atoms with van der Waals surface area (Å²) in [5.41, 5.74) is 1.11. The summed E-state index contributed by atoms with van der Waals surface area (Å²) in [6, 6.07) is 0. The lowest BCUT2D eigenvalue weighted by molar-refractivity contribution is -0.116. The number of rotatable bonds is 11. The van der Waals surface area contributed by atoms with E-state index >= 15 is 0 Å². The van der Waals surface area contributed by atoms with Crippen LogP contribution < -0.4 is 0 Å². The van der Waals surface area contributed by atoms with Crippen LogP contribution in [0.2, 0.25) is 18.1 Å². The predicted octanol–water partition coefficient (Wildman–Crippen LogP) is 7.15. The van der Waals surface area contributed by atoms with Crippen LogP contribution in [0.5, 0.6) is 0 Å². The van der Waals surface area contributed by atoms with E-state index in [1.165, 1.54) is 12.8 Å². The third-order valence-electron chi connectivity index (χ3n) is 7.56. The Labute approximate surface area is 188 Å². The molecule has 0 spiro atoms. The molecule has 0 aromatic rings. The zero-order valence-electron chi connectivity index (χ0n) is 21.4. The van der Waals surface area contributed by atoms with Crippen molar-refractivity contribution in [2.45, 2.75) is 118 Å². The minimum Gasteiger partial charge on any atom is -0.417 e. The Hall–Kier alpha value is -0.453. The quantitative estimate of drug-likeness (QED) is 0.211. The van der Waals surface area contributed by atoms with E-state index in [1.54, 1.807) is 6.92 Å². The lowest BCUT2D eigenvalue weighted by atomic mass is 9.68. The van der Waals surface area contributed by atoms with Gasteiger partial charge in [-0.05, 0) is 80.8 Å². The van der Waals surface area contributed by atoms with Gasteiger partial charge in [-0.2, -0.15) is 0 Å². The van der Waals surface area contributed by atoms with E-state index in [2.05, 4.69) is 54.6 Å². The fraction of sp³-hybridized carbons (Fsp3) is 0.885. The molecule has 0 unspecified atom stereocenters. The molecule has 4 atom stereocenters. The van der Waals surface area contributed by atoms with E-state index in [4.69, 9.17) is 4.43 Å². The van der Waals surface area contributed by atoms with Crippen LogP contribution in [0.15, 0.2) is 11.6 Å². The number of hydrogen-bond acceptors (Lipinski definition) is 3. The van der Waals surface area contributed by atoms with Crippen molar-refractivity contribution in [1.29, 1.82) is 0 Å². The molecule has 0 aromatic carbocycles. The van der Waals surface area contributed by atoms with Gasteiger partial charge in [0.1, 0.15) is 5.78 Å². The van der Waals surface area contributed by atoms with Crippen molar-refractivity contribution in [3.63, 3.8) is 0 Å². The van der Waals surface area contributed by atoms with Gasteiger partial charge >= 0.3 is 0 Å². The van der Waals surface area contributed by atoms with Crippen molar-refractivity contribution in [2.24, 2.45) is 23.7 Å². The summed E-state index contributed by atoms with van der Waals surface area (Å²) in [5.74, 6) is 2.34. The van der Waals surface area contributed by atoms with Crippen LogP contribution in [0.1, 0.15) is 93.4 Å². The summed E-state index contributed by atoms with van der Waals surface area (Å²) in [6.45, 7) is 20.7. The molecule has 30 heavy (non-hydrogen) atoms. The van der Waals surface area contributed by atoms with Crippen LogP contribution in [-0.2, 0) is 9.22 Å². The Morgan fingerprint density at radius 1 is 1.17 bits per heavy atom. The van der Waals surface area contributed by atoms with Gasteiger partial charge in [0, 0.05) is 13.0 Å². The van der Waals surface area contributed by atoms with Gasteiger partial charge in [-0.25, -0.2) is 0 Å². The van der Waals surface area contributed by atoms with Crippen LogP contribution in [0.4, 0.5) is 0 Å². The van der Waals surface area contributed by atoms with Crippen LogP contribution in [0.3, 0.4) is 0 Å². The summed E-state index contributed by atoms with van der Waals surface area (Å²) < 4.78 is 6.29. The standard InChI is InChI=1S/C26H50O3Si/c1-19(2)23-14-13-20(3)16-24(23)25(28)18-22(17-21(4)27)12-10-11-15-29-30(8,9)26(5,6)7/h18-20,23-25,28H,10-17H2,1-9H3/b22-18+/t20-,23+,24-,25-/m1/s1. The second kappa shape index (κ2) is 12.0. The number of allylic oxidation sites excluding steroid dienone is 1. The maximum absolute atomic E-state index is 11.8. The first-order valence-corrected chi connectivity index (χ1v) is 15.2. The van der Waals surface area contributed by atoms with Crippen LogP contribution in [0, 0.1) is 23.7 Å². The molecule has 0 heterocycles. The van der Waals surface area contributed by atoms with Crippen molar-refractivity contribution < 1.29 is 14.3 Å². The zero-order chi connectivity index (χ0) is 23.1. The largest absolute Gasteiger partial charge is 0.417 e. The van der Waals surface area contributed by atoms with E-state index in [0.717, 1.165) is 37.9 Å². The van der Waals surface area contributed by atoms with Crippen LogP contribution >= 0.6 is 0 Å². The summed E-state index contributed by atoms with van der Waals surface area (Å²) in [7, 11) is -1.69. The smallest absolute Gasteiger partial charge is 0.191 e. The van der Waals surface area contributed by atoms with Gasteiger partial charge < -0.3 is 9.53 Å². The maximum atomic E-state index is 11.8. The van der Waals surface area contributed by atoms with Crippen LogP contribution in [0.25, 0.3) is 0 Å². The van der Waals surface area contributed by atoms with Gasteiger partial charge in [0.2, 0.25) is 0 Å². The monoisotopic (exact) mass is 438 g/mol. The highest BCUT2D eigenvalue weighted by atomic mass is 28.4. The number of aliphatic hydroxyl groups excluding tert-OH is 1. The molecule has 3 nitrogen and oxygen atoms in total. The Morgan fingerprint density at radius 2 is 1.80 bits per heavy atom. The maximum Gasteiger partial charge on any atom is 0.191 e. The van der Waals surface area contributed by atoms with Crippen molar-refractivity contribution in [3.05, 3.63) is 11.6 Å². The molecule has 1 aliphatic rings. The van der Waals surface area contributed by atoms with Gasteiger partial charge in [0.25, 0.3) is 0 Å². The molecular weight excluding hydrogens is 388 g/mol. The van der Waals surface area contributed by atoms with E-state index in [-0.39, 0.29) is 10.8 Å². The predicted molar refractivity (Wildman–Crippen MR) is 131 cm³/mol. The van der Waals surface area contributed by atoms with Gasteiger partial charge in [-0.15, -0.1) is 0 Å². The highest BCUT2D eigenvalue weighted by Gasteiger charge is 2.37. The SMILES string of the molecule is CC(=O)C/C(=C/[C@@H](O)[C@@H]1C[C@H](C)CC[C@H]1C(C)C)CCCCO[Si](C)(C)C(C)(C)C. The summed E-state index contributed by atoms with van der Waals surface area (Å²) >= 11 is 0. The lowest BCUT2D eigenvalue weighted by Gasteiger charge is -2.39. The van der Waals surface area contributed by atoms with Crippen LogP contribution in [-0.4, -0.2) is 31.9 Å². The first-order chi connectivity index (χ1) is 13.7. The van der Waals surface area contributed by atoms with Crippen molar-refractivity contribution in [3.8, 4) is 0 Å². The molecule has 176 valence electrons. The molecule has 1 N–H and O–H groups in total. The zero-order valence-corrected chi connectivity index (χ0v) is 22.4. The summed E-state index contributed by atoms with van der Waals surface area (Å²) in [6.07, 6.45) is 8.54. The van der Waals surface area contributed by atoms with Gasteiger partial charge in [0.05, 0.1) is 6.10 Å². The first-order valence-electron chi connectivity index (χ1n) is 12.3. The highest BCUT2D eigenvalue weighted by Crippen LogP contribution is 2.40. The second-order valence-electron chi connectivity index (χ2n) is 11.8. The van der Waals surface area contributed by atoms with Gasteiger partial charge in [0.15, 0.2) is 8.32 Å². The molecule has 0 bridgehead atoms. The van der Waals surface area contributed by atoms with E-state index in [0.29, 0.717) is 30.1 Å². The Kier molecular flexibility index (Phi) is 11.0. The molecule has 1 saturated carbocycles. The van der Waals surface area contributed by atoms with E-state index in [1.807, 2.05) is 6.08 Å². The second-order valence-corrected chi connectivity index (χ2v) is 16.6. The number of Topliss-reactive ketones (excluding diaryl/α,β-unsaturated/α-hetero) is 1. The van der Waals surface area contributed by atoms with E-state index < -0.39 is 14.4 Å². The minimum atomic E-state index is -1.69. The number of aliphatic hydroxyl groups is 1. The molecule has 0 aromatic heterocycles. The summed E-state index contributed by atoms with van der Waals surface area (Å²) in [4.78, 5) is 11.8. The first kappa shape index (κ1) is 27.6. The molecule has 0 amide bonds. The van der Waals surface area contributed by atoms with Crippen molar-refractivity contribution >= 4 is 14.1 Å². The molecule has 1 rings (SSSR count). The number of carbonyl (C=O) groups excluding carboxylic acids is 1. The fourth-order valence-electron chi connectivity index (χ4n) is 4.58. The molecule has 1 fully saturated rings. The topological polar surface area (TPSA) is 46.5 Å². The Balaban J connectivity index is 2.69. The third-order valence-corrected chi connectivity index (χ3v) is 12.1. The Bertz CT molecular complexity index is 559. The average Bonchev–Trinajstić information content (AvgIpc) is 2.59. The molecule has 0 radical (unpaired) electrons. The summed E-state index contributed by atoms with van der Waals surface area (Å²) in [5, 5.41) is 11.3. The number of ketones is 1. The number of unbranched alkanes of at least 4 members (excludes halogenated alkanes) is 1. The minimum absolute atomic E-state index is 0.184. The Morgan fingerprint density at radius 3 is 2.33 bits per heavy atom. The molecule has 4 heteroatoms. The highest BCUT2D eigenvalue weighted by molar-refractivity contribution is 6.74. The van der Waals surface area contributed by atoms with E-state index in [9.17, 15) is 9.90 Å². The van der Waals surface area contributed by atoms with Crippen molar-refractivity contribution in [2.75, 3.05) is 6.61 Å². The van der Waals surface area contributed by atoms with Gasteiger partial charge in [-0.1, -0.05) is 59.6 Å². The normalized spacial score (nSPS) is 24.9. The third kappa shape index (κ3) is 8.96. The number of carbonyl (C=O) groups is 1.